The number of rotatable bonds is 4. The molecule has 2 aromatic carbocycles. The van der Waals surface area contributed by atoms with E-state index in [4.69, 9.17) is 0 Å². The number of benzene rings is 2. The topological polar surface area (TPSA) is 120 Å². The maximum absolute atomic E-state index is 13.1. The van der Waals surface area contributed by atoms with Crippen LogP contribution in [0.5, 0.6) is 0 Å². The van der Waals surface area contributed by atoms with Crippen LogP contribution in [-0.4, -0.2) is 44.5 Å². The van der Waals surface area contributed by atoms with Crippen molar-refractivity contribution in [2.45, 2.75) is 25.3 Å². The van der Waals surface area contributed by atoms with Crippen LogP contribution in [0.4, 0.5) is 10.5 Å². The minimum absolute atomic E-state index is 0.351. The zero-order chi connectivity index (χ0) is 21.6. The molecular formula is C22H20N6O3. The van der Waals surface area contributed by atoms with Crippen molar-refractivity contribution in [1.82, 2.24) is 25.4 Å². The lowest BCUT2D eigenvalue weighted by molar-refractivity contribution is -0.134. The van der Waals surface area contributed by atoms with Gasteiger partial charge in [-0.15, -0.1) is 0 Å². The molecular weight excluding hydrogens is 396 g/mol. The molecule has 1 aliphatic heterocycles. The summed E-state index contributed by atoms with van der Waals surface area (Å²) >= 11 is 0. The van der Waals surface area contributed by atoms with Crippen LogP contribution in [0.2, 0.25) is 0 Å². The molecule has 1 atom stereocenters. The first kappa shape index (κ1) is 19.0. The van der Waals surface area contributed by atoms with Crippen LogP contribution in [0.1, 0.15) is 23.4 Å². The molecule has 9 nitrogen and oxygen atoms in total. The van der Waals surface area contributed by atoms with Gasteiger partial charge >= 0.3 is 6.03 Å². The zero-order valence-corrected chi connectivity index (χ0v) is 16.8. The number of fused-ring (bicyclic) bond motifs is 2. The number of carbonyl (C=O) groups is 3. The van der Waals surface area contributed by atoms with Gasteiger partial charge in [0.15, 0.2) is 5.82 Å². The highest BCUT2D eigenvalue weighted by molar-refractivity contribution is 6.10. The number of aromatic amines is 1. The predicted molar refractivity (Wildman–Crippen MR) is 112 cm³/mol. The van der Waals surface area contributed by atoms with E-state index in [-0.39, 0.29) is 12.5 Å². The Labute approximate surface area is 177 Å². The van der Waals surface area contributed by atoms with Crippen molar-refractivity contribution >= 4 is 23.5 Å². The SMILES string of the molecule is Cc1nc(-c2ccc(NC(=O)CN3C(=O)NC4(CCc5ccccc54)C3=O)cc2)n[nH]1. The highest BCUT2D eigenvalue weighted by Crippen LogP contribution is 2.41. The fourth-order valence-electron chi connectivity index (χ4n) is 4.25. The van der Waals surface area contributed by atoms with Gasteiger partial charge in [0.05, 0.1) is 0 Å². The van der Waals surface area contributed by atoms with Crippen LogP contribution in [0.3, 0.4) is 0 Å². The number of nitrogens with zero attached hydrogens (tertiary/aromatic N) is 3. The summed E-state index contributed by atoms with van der Waals surface area (Å²) in [5.74, 6) is 0.446. The molecule has 1 aromatic heterocycles. The van der Waals surface area contributed by atoms with E-state index in [1.165, 1.54) is 0 Å². The highest BCUT2D eigenvalue weighted by Gasteiger charge is 2.55. The number of hydrogen-bond acceptors (Lipinski definition) is 5. The Bertz CT molecular complexity index is 1200. The number of imide groups is 1. The van der Waals surface area contributed by atoms with E-state index in [1.54, 1.807) is 24.3 Å². The van der Waals surface area contributed by atoms with Crippen molar-refractivity contribution in [3.63, 3.8) is 0 Å². The Balaban J connectivity index is 1.28. The molecule has 31 heavy (non-hydrogen) atoms. The Morgan fingerprint density at radius 3 is 2.68 bits per heavy atom. The van der Waals surface area contributed by atoms with Crippen LogP contribution >= 0.6 is 0 Å². The van der Waals surface area contributed by atoms with E-state index in [1.807, 2.05) is 31.2 Å². The fraction of sp³-hybridized carbons (Fsp3) is 0.227. The molecule has 3 aromatic rings. The van der Waals surface area contributed by atoms with Crippen LogP contribution in [0.15, 0.2) is 48.5 Å². The van der Waals surface area contributed by atoms with Gasteiger partial charge in [-0.1, -0.05) is 24.3 Å². The summed E-state index contributed by atoms with van der Waals surface area (Å²) in [7, 11) is 0. The second-order valence-corrected chi connectivity index (χ2v) is 7.75. The van der Waals surface area contributed by atoms with E-state index in [0.717, 1.165) is 21.6 Å². The molecule has 0 radical (unpaired) electrons. The number of carbonyl (C=O) groups excluding carboxylic acids is 3. The molecule has 1 unspecified atom stereocenters. The van der Waals surface area contributed by atoms with Gasteiger partial charge in [0.2, 0.25) is 5.91 Å². The standard InChI is InChI=1S/C22H20N6O3/c1-13-23-19(27-26-13)15-6-8-16(9-7-15)24-18(29)12-28-20(30)22(25-21(28)31)11-10-14-4-2-3-5-17(14)22/h2-9H,10-12H2,1H3,(H,24,29)(H,25,31)(H,23,26,27). The Hall–Kier alpha value is -4.01. The molecule has 2 heterocycles. The monoisotopic (exact) mass is 416 g/mol. The molecule has 5 rings (SSSR count). The first-order valence-electron chi connectivity index (χ1n) is 9.98. The van der Waals surface area contributed by atoms with Crippen molar-refractivity contribution in [2.75, 3.05) is 11.9 Å². The van der Waals surface area contributed by atoms with Crippen molar-refractivity contribution in [3.05, 3.63) is 65.5 Å². The average molecular weight is 416 g/mol. The van der Waals surface area contributed by atoms with Gasteiger partial charge in [0, 0.05) is 11.3 Å². The summed E-state index contributed by atoms with van der Waals surface area (Å²) in [6.45, 7) is 1.46. The smallest absolute Gasteiger partial charge is 0.325 e. The Kier molecular flexibility index (Phi) is 4.32. The van der Waals surface area contributed by atoms with Crippen molar-refractivity contribution in [3.8, 4) is 11.4 Å². The van der Waals surface area contributed by atoms with Gasteiger partial charge in [-0.25, -0.2) is 9.78 Å². The van der Waals surface area contributed by atoms with Gasteiger partial charge < -0.3 is 10.6 Å². The largest absolute Gasteiger partial charge is 0.325 e. The maximum Gasteiger partial charge on any atom is 0.325 e. The summed E-state index contributed by atoms with van der Waals surface area (Å²) in [6, 6.07) is 14.1. The molecule has 9 heteroatoms. The Morgan fingerprint density at radius 2 is 1.94 bits per heavy atom. The molecule has 1 aliphatic carbocycles. The summed E-state index contributed by atoms with van der Waals surface area (Å²) < 4.78 is 0. The van der Waals surface area contributed by atoms with Crippen LogP contribution < -0.4 is 10.6 Å². The third kappa shape index (κ3) is 3.14. The van der Waals surface area contributed by atoms with Crippen LogP contribution in [-0.2, 0) is 21.5 Å². The van der Waals surface area contributed by atoms with E-state index in [9.17, 15) is 14.4 Å². The fourth-order valence-corrected chi connectivity index (χ4v) is 4.25. The first-order chi connectivity index (χ1) is 15.0. The number of anilines is 1. The molecule has 1 spiro atoms. The third-order valence-electron chi connectivity index (χ3n) is 5.75. The lowest BCUT2D eigenvalue weighted by atomic mass is 9.92. The summed E-state index contributed by atoms with van der Waals surface area (Å²) in [4.78, 5) is 43.5. The summed E-state index contributed by atoms with van der Waals surface area (Å²) in [5, 5.41) is 12.4. The Morgan fingerprint density at radius 1 is 1.16 bits per heavy atom. The van der Waals surface area contributed by atoms with Crippen LogP contribution in [0, 0.1) is 6.92 Å². The number of nitrogens with one attached hydrogen (secondary N) is 3. The molecule has 1 fully saturated rings. The van der Waals surface area contributed by atoms with Gasteiger partial charge in [0.1, 0.15) is 17.9 Å². The second kappa shape index (κ2) is 7.05. The molecule has 0 bridgehead atoms. The summed E-state index contributed by atoms with van der Waals surface area (Å²) in [6.07, 6.45) is 1.20. The minimum atomic E-state index is -1.07. The van der Waals surface area contributed by atoms with Gasteiger partial charge in [-0.05, 0) is 55.2 Å². The lowest BCUT2D eigenvalue weighted by Gasteiger charge is -2.22. The van der Waals surface area contributed by atoms with E-state index in [2.05, 4.69) is 25.8 Å². The number of H-pyrrole nitrogens is 1. The molecule has 3 N–H and O–H groups in total. The number of hydrogen-bond donors (Lipinski definition) is 3. The highest BCUT2D eigenvalue weighted by atomic mass is 16.2. The maximum atomic E-state index is 13.1. The van der Waals surface area contributed by atoms with Gasteiger partial charge in [-0.3, -0.25) is 19.6 Å². The van der Waals surface area contributed by atoms with E-state index >= 15 is 0 Å². The first-order valence-corrected chi connectivity index (χ1v) is 9.98. The van der Waals surface area contributed by atoms with E-state index in [0.29, 0.717) is 30.2 Å². The predicted octanol–water partition coefficient (Wildman–Crippen LogP) is 2.11. The number of aryl methyl sites for hydroxylation is 2. The van der Waals surface area contributed by atoms with Gasteiger partial charge in [0.25, 0.3) is 5.91 Å². The minimum Gasteiger partial charge on any atom is -0.325 e. The number of urea groups is 1. The number of amides is 4. The van der Waals surface area contributed by atoms with E-state index < -0.39 is 17.5 Å². The molecule has 156 valence electrons. The van der Waals surface area contributed by atoms with Crippen LogP contribution in [0.25, 0.3) is 11.4 Å². The normalized spacial score (nSPS) is 19.6. The molecule has 2 aliphatic rings. The third-order valence-corrected chi connectivity index (χ3v) is 5.75. The zero-order valence-electron chi connectivity index (χ0n) is 16.8. The van der Waals surface area contributed by atoms with Gasteiger partial charge in [-0.2, -0.15) is 5.10 Å². The van der Waals surface area contributed by atoms with Crippen molar-refractivity contribution in [1.29, 1.82) is 0 Å². The lowest BCUT2D eigenvalue weighted by Crippen LogP contribution is -2.42. The molecule has 1 saturated heterocycles. The quantitative estimate of drug-likeness (QED) is 0.563. The number of aromatic nitrogens is 3. The average Bonchev–Trinajstić information content (AvgIpc) is 3.42. The van der Waals surface area contributed by atoms with Crippen molar-refractivity contribution in [2.24, 2.45) is 0 Å². The molecule has 4 amide bonds. The second-order valence-electron chi connectivity index (χ2n) is 7.75. The van der Waals surface area contributed by atoms with Crippen molar-refractivity contribution < 1.29 is 14.4 Å². The summed E-state index contributed by atoms with van der Waals surface area (Å²) in [5.41, 5.74) is 2.15. The molecule has 0 saturated carbocycles.